The first-order valence-electron chi connectivity index (χ1n) is 6.57. The third-order valence-corrected chi connectivity index (χ3v) is 3.43. The van der Waals surface area contributed by atoms with Gasteiger partial charge < -0.3 is 23.7 Å². The molecule has 0 aliphatic carbocycles. The number of rotatable bonds is 2. The quantitative estimate of drug-likeness (QED) is 0.849. The van der Waals surface area contributed by atoms with Gasteiger partial charge in [0, 0.05) is 11.5 Å². The number of ether oxygens (including phenoxy) is 3. The van der Waals surface area contributed by atoms with E-state index in [2.05, 4.69) is 0 Å². The van der Waals surface area contributed by atoms with E-state index in [1.165, 1.54) is 13.2 Å². The number of fused-ring (bicyclic) bond motifs is 3. The van der Waals surface area contributed by atoms with Crippen LogP contribution < -0.4 is 19.8 Å². The van der Waals surface area contributed by atoms with Crippen molar-refractivity contribution in [2.75, 3.05) is 13.7 Å². The highest BCUT2D eigenvalue weighted by Crippen LogP contribution is 2.46. The minimum absolute atomic E-state index is 0.150. The fourth-order valence-corrected chi connectivity index (χ4v) is 2.22. The van der Waals surface area contributed by atoms with Crippen molar-refractivity contribution in [3.8, 4) is 17.2 Å². The smallest absolute Gasteiger partial charge is 0.336 e. The number of hydrogen-bond acceptors (Lipinski definition) is 6. The molecule has 0 saturated carbocycles. The van der Waals surface area contributed by atoms with E-state index in [0.717, 1.165) is 0 Å². The molecule has 6 heteroatoms. The highest BCUT2D eigenvalue weighted by molar-refractivity contribution is 5.88. The molecule has 0 fully saturated rings. The molecule has 1 atom stereocenters. The van der Waals surface area contributed by atoms with Crippen LogP contribution in [0.15, 0.2) is 27.4 Å². The van der Waals surface area contributed by atoms with Crippen molar-refractivity contribution >= 4 is 11.0 Å². The molecule has 0 radical (unpaired) electrons. The topological polar surface area (TPSA) is 78.1 Å². The van der Waals surface area contributed by atoms with E-state index in [-0.39, 0.29) is 6.61 Å². The van der Waals surface area contributed by atoms with Gasteiger partial charge in [0.2, 0.25) is 11.5 Å². The number of methoxy groups -OCH3 is 1. The minimum Gasteiger partial charge on any atom is -0.493 e. The Kier molecular flexibility index (Phi) is 3.06. The van der Waals surface area contributed by atoms with Crippen molar-refractivity contribution in [3.05, 3.63) is 28.6 Å². The lowest BCUT2D eigenvalue weighted by Crippen LogP contribution is -2.46. The summed E-state index contributed by atoms with van der Waals surface area (Å²) in [6.45, 7) is 3.43. The van der Waals surface area contributed by atoms with Gasteiger partial charge in [-0.3, -0.25) is 0 Å². The molecule has 2 aromatic rings. The predicted octanol–water partition coefficient (Wildman–Crippen LogP) is 1.71. The van der Waals surface area contributed by atoms with Crippen LogP contribution >= 0.6 is 0 Å². The Morgan fingerprint density at radius 1 is 1.33 bits per heavy atom. The molecule has 21 heavy (non-hydrogen) atoms. The fourth-order valence-electron chi connectivity index (χ4n) is 2.22. The maximum Gasteiger partial charge on any atom is 0.336 e. The van der Waals surface area contributed by atoms with Crippen molar-refractivity contribution in [2.45, 2.75) is 25.6 Å². The van der Waals surface area contributed by atoms with Gasteiger partial charge in [0.1, 0.15) is 6.61 Å². The van der Waals surface area contributed by atoms with Gasteiger partial charge in [0.05, 0.1) is 12.7 Å². The Morgan fingerprint density at radius 3 is 2.76 bits per heavy atom. The highest BCUT2D eigenvalue weighted by atomic mass is 16.6. The Balaban J connectivity index is 2.20. The van der Waals surface area contributed by atoms with Crippen LogP contribution in [0.3, 0.4) is 0 Å². The van der Waals surface area contributed by atoms with Crippen LogP contribution in [0.1, 0.15) is 13.8 Å². The van der Waals surface area contributed by atoms with Gasteiger partial charge in [0.25, 0.3) is 0 Å². The number of aliphatic hydroxyl groups is 1. The fraction of sp³-hybridized carbons (Fsp3) is 0.400. The van der Waals surface area contributed by atoms with Gasteiger partial charge >= 0.3 is 5.63 Å². The lowest BCUT2D eigenvalue weighted by atomic mass is 10.0. The Labute approximate surface area is 120 Å². The second-order valence-electron chi connectivity index (χ2n) is 5.48. The molecule has 1 aliphatic rings. The van der Waals surface area contributed by atoms with Crippen LogP contribution in [0.2, 0.25) is 0 Å². The van der Waals surface area contributed by atoms with E-state index in [4.69, 9.17) is 18.6 Å². The van der Waals surface area contributed by atoms with E-state index in [9.17, 15) is 9.90 Å². The summed E-state index contributed by atoms with van der Waals surface area (Å²) in [5, 5.41) is 10.7. The zero-order chi connectivity index (χ0) is 15.2. The molecule has 6 nitrogen and oxygen atoms in total. The molecular formula is C15H16O6. The zero-order valence-corrected chi connectivity index (χ0v) is 12.0. The van der Waals surface area contributed by atoms with Crippen molar-refractivity contribution in [3.63, 3.8) is 0 Å². The summed E-state index contributed by atoms with van der Waals surface area (Å²) in [4.78, 5) is 11.4. The molecule has 1 N–H and O–H groups in total. The van der Waals surface area contributed by atoms with E-state index < -0.39 is 17.3 Å². The van der Waals surface area contributed by atoms with Gasteiger partial charge in [-0.05, 0) is 26.0 Å². The normalized spacial score (nSPS) is 17.8. The van der Waals surface area contributed by atoms with Crippen LogP contribution in [-0.2, 0) is 0 Å². The maximum atomic E-state index is 11.4. The highest BCUT2D eigenvalue weighted by Gasteiger charge is 2.36. The average Bonchev–Trinajstić information content (AvgIpc) is 2.45. The monoisotopic (exact) mass is 292 g/mol. The molecular weight excluding hydrogens is 276 g/mol. The zero-order valence-electron chi connectivity index (χ0n) is 12.0. The molecule has 0 amide bonds. The number of hydrogen-bond donors (Lipinski definition) is 1. The van der Waals surface area contributed by atoms with Crippen LogP contribution in [-0.4, -0.2) is 30.5 Å². The molecule has 1 aromatic carbocycles. The van der Waals surface area contributed by atoms with Crippen LogP contribution in [0.25, 0.3) is 11.0 Å². The van der Waals surface area contributed by atoms with E-state index in [1.807, 2.05) is 0 Å². The van der Waals surface area contributed by atoms with E-state index in [0.29, 0.717) is 28.2 Å². The summed E-state index contributed by atoms with van der Waals surface area (Å²) in [6.07, 6.45) is -0.549. The van der Waals surface area contributed by atoms with Crippen molar-refractivity contribution in [2.24, 2.45) is 0 Å². The molecule has 1 aromatic heterocycles. The lowest BCUT2D eigenvalue weighted by molar-refractivity contribution is -0.0660. The third-order valence-electron chi connectivity index (χ3n) is 3.43. The van der Waals surface area contributed by atoms with Gasteiger partial charge in [-0.25, -0.2) is 4.79 Å². The van der Waals surface area contributed by atoms with Crippen LogP contribution in [0, 0.1) is 0 Å². The summed E-state index contributed by atoms with van der Waals surface area (Å²) >= 11 is 0. The SMILES string of the molecule is COc1cc2ccc(=O)oc2c2c1OC(C(C)(C)O)CO2. The summed E-state index contributed by atoms with van der Waals surface area (Å²) < 4.78 is 22.0. The summed E-state index contributed by atoms with van der Waals surface area (Å²) in [6, 6.07) is 4.67. The first kappa shape index (κ1) is 13.8. The lowest BCUT2D eigenvalue weighted by Gasteiger charge is -2.34. The molecule has 1 unspecified atom stereocenters. The Bertz CT molecular complexity index is 740. The van der Waals surface area contributed by atoms with Crippen LogP contribution in [0.5, 0.6) is 17.2 Å². The standard InChI is InChI=1S/C15H16O6/c1-15(2,17)10-7-19-14-12-8(4-5-11(16)21-12)6-9(18-3)13(14)20-10/h4-6,10,17H,7H2,1-3H3. The second kappa shape index (κ2) is 4.66. The average molecular weight is 292 g/mol. The molecule has 3 rings (SSSR count). The number of benzene rings is 1. The van der Waals surface area contributed by atoms with Gasteiger partial charge in [-0.15, -0.1) is 0 Å². The predicted molar refractivity (Wildman–Crippen MR) is 75.2 cm³/mol. The molecule has 1 aliphatic heterocycles. The molecule has 112 valence electrons. The van der Waals surface area contributed by atoms with Crippen molar-refractivity contribution in [1.82, 2.24) is 0 Å². The van der Waals surface area contributed by atoms with Gasteiger partial charge in [0.15, 0.2) is 17.4 Å². The minimum atomic E-state index is -1.07. The van der Waals surface area contributed by atoms with Crippen LogP contribution in [0.4, 0.5) is 0 Å². The molecule has 2 heterocycles. The van der Waals surface area contributed by atoms with Gasteiger partial charge in [-0.2, -0.15) is 0 Å². The molecule has 0 saturated heterocycles. The van der Waals surface area contributed by atoms with Crippen molar-refractivity contribution < 1.29 is 23.7 Å². The molecule has 0 bridgehead atoms. The van der Waals surface area contributed by atoms with Crippen molar-refractivity contribution in [1.29, 1.82) is 0 Å². The first-order valence-corrected chi connectivity index (χ1v) is 6.57. The summed E-state index contributed by atoms with van der Waals surface area (Å²) in [5.74, 6) is 1.11. The van der Waals surface area contributed by atoms with E-state index in [1.54, 1.807) is 26.0 Å². The first-order chi connectivity index (χ1) is 9.90. The Morgan fingerprint density at radius 2 is 2.10 bits per heavy atom. The third kappa shape index (κ3) is 2.31. The maximum absolute atomic E-state index is 11.4. The Hall–Kier alpha value is -2.21. The largest absolute Gasteiger partial charge is 0.493 e. The van der Waals surface area contributed by atoms with E-state index >= 15 is 0 Å². The molecule has 0 spiro atoms. The summed E-state index contributed by atoms with van der Waals surface area (Å²) in [5.41, 5.74) is -1.23. The van der Waals surface area contributed by atoms with Gasteiger partial charge in [-0.1, -0.05) is 0 Å². The second-order valence-corrected chi connectivity index (χ2v) is 5.48. The summed E-state index contributed by atoms with van der Waals surface area (Å²) in [7, 11) is 1.51.